The largest absolute Gasteiger partial charge is 0.480 e. The summed E-state index contributed by atoms with van der Waals surface area (Å²) in [6, 6.07) is 5.17. The minimum absolute atomic E-state index is 0.113. The molecule has 1 aromatic rings. The van der Waals surface area contributed by atoms with Gasteiger partial charge in [0.25, 0.3) is 0 Å². The molecule has 0 aromatic heterocycles. The van der Waals surface area contributed by atoms with Gasteiger partial charge in [-0.2, -0.15) is 0 Å². The molecule has 1 unspecified atom stereocenters. The molecule has 94 valence electrons. The van der Waals surface area contributed by atoms with Crippen molar-refractivity contribution < 1.29 is 18.3 Å². The minimum Gasteiger partial charge on any atom is -0.480 e. The van der Waals surface area contributed by atoms with Gasteiger partial charge in [-0.3, -0.25) is 4.79 Å². The van der Waals surface area contributed by atoms with E-state index in [9.17, 15) is 13.2 Å². The lowest BCUT2D eigenvalue weighted by Gasteiger charge is -2.10. The van der Waals surface area contributed by atoms with E-state index < -0.39 is 21.8 Å². The van der Waals surface area contributed by atoms with Crippen LogP contribution in [0.25, 0.3) is 0 Å². The second-order valence-electron chi connectivity index (χ2n) is 3.62. The number of nitrogens with one attached hydrogen (secondary N) is 1. The number of sulfone groups is 1. The molecule has 0 fully saturated rings. The van der Waals surface area contributed by atoms with Crippen LogP contribution in [0.5, 0.6) is 0 Å². The third-order valence-electron chi connectivity index (χ3n) is 2.20. The SMILES string of the molecule is CS(=O)(=O)c1cccc(CC(NCl)C(=O)O)c1. The molecular formula is C10H12ClNO4S. The lowest BCUT2D eigenvalue weighted by atomic mass is 10.1. The van der Waals surface area contributed by atoms with Crippen LogP contribution < -0.4 is 4.84 Å². The van der Waals surface area contributed by atoms with Crippen molar-refractivity contribution in [2.45, 2.75) is 17.4 Å². The average molecular weight is 278 g/mol. The second-order valence-corrected chi connectivity index (χ2v) is 5.86. The van der Waals surface area contributed by atoms with Gasteiger partial charge in [0, 0.05) is 6.26 Å². The first-order valence-corrected chi connectivity index (χ1v) is 6.99. The maximum Gasteiger partial charge on any atom is 0.322 e. The highest BCUT2D eigenvalue weighted by Crippen LogP contribution is 2.13. The molecule has 0 aliphatic rings. The van der Waals surface area contributed by atoms with Gasteiger partial charge in [0.1, 0.15) is 6.04 Å². The average Bonchev–Trinajstić information content (AvgIpc) is 2.24. The van der Waals surface area contributed by atoms with E-state index in [-0.39, 0.29) is 11.3 Å². The Morgan fingerprint density at radius 1 is 1.53 bits per heavy atom. The van der Waals surface area contributed by atoms with Crippen molar-refractivity contribution in [1.29, 1.82) is 0 Å². The molecule has 1 atom stereocenters. The summed E-state index contributed by atoms with van der Waals surface area (Å²) in [5.41, 5.74) is 0.591. The number of hydrogen-bond donors (Lipinski definition) is 2. The van der Waals surface area contributed by atoms with Crippen molar-refractivity contribution in [3.05, 3.63) is 29.8 Å². The predicted octanol–water partition coefficient (Wildman–Crippen LogP) is 0.829. The summed E-state index contributed by atoms with van der Waals surface area (Å²) in [6.07, 6.45) is 1.21. The Morgan fingerprint density at radius 2 is 2.18 bits per heavy atom. The zero-order chi connectivity index (χ0) is 13.1. The Balaban J connectivity index is 2.97. The van der Waals surface area contributed by atoms with E-state index in [0.717, 1.165) is 6.26 Å². The number of benzene rings is 1. The molecule has 0 amide bonds. The van der Waals surface area contributed by atoms with Gasteiger partial charge in [0.15, 0.2) is 9.84 Å². The van der Waals surface area contributed by atoms with Crippen molar-refractivity contribution in [3.8, 4) is 0 Å². The van der Waals surface area contributed by atoms with Gasteiger partial charge in [-0.1, -0.05) is 12.1 Å². The van der Waals surface area contributed by atoms with Crippen molar-refractivity contribution in [2.75, 3.05) is 6.26 Å². The number of hydrogen-bond acceptors (Lipinski definition) is 4. The van der Waals surface area contributed by atoms with Crippen LogP contribution in [0.4, 0.5) is 0 Å². The zero-order valence-electron chi connectivity index (χ0n) is 9.05. The highest BCUT2D eigenvalue weighted by atomic mass is 35.5. The Bertz CT molecular complexity index is 515. The van der Waals surface area contributed by atoms with E-state index in [2.05, 4.69) is 4.84 Å². The number of aliphatic carboxylic acids is 1. The highest BCUT2D eigenvalue weighted by molar-refractivity contribution is 7.90. The van der Waals surface area contributed by atoms with Crippen molar-refractivity contribution in [3.63, 3.8) is 0 Å². The molecule has 0 spiro atoms. The standard InChI is InChI=1S/C10H12ClNO4S/c1-17(15,16)8-4-2-3-7(5-8)6-9(12-11)10(13)14/h2-5,9,12H,6H2,1H3,(H,13,14). The maximum absolute atomic E-state index is 11.3. The molecule has 0 saturated heterocycles. The van der Waals surface area contributed by atoms with E-state index in [0.29, 0.717) is 5.56 Å². The zero-order valence-corrected chi connectivity index (χ0v) is 10.6. The van der Waals surface area contributed by atoms with Crippen LogP contribution in [0, 0.1) is 0 Å². The molecule has 0 saturated carbocycles. The van der Waals surface area contributed by atoms with Crippen molar-refractivity contribution >= 4 is 27.6 Å². The van der Waals surface area contributed by atoms with Crippen molar-refractivity contribution in [1.82, 2.24) is 4.84 Å². The van der Waals surface area contributed by atoms with Gasteiger partial charge < -0.3 is 5.11 Å². The summed E-state index contributed by atoms with van der Waals surface area (Å²) in [6.45, 7) is 0. The molecule has 0 heterocycles. The summed E-state index contributed by atoms with van der Waals surface area (Å²) in [7, 11) is -3.29. The molecule has 17 heavy (non-hydrogen) atoms. The summed E-state index contributed by atoms with van der Waals surface area (Å²) < 4.78 is 22.6. The van der Waals surface area contributed by atoms with Gasteiger partial charge in [-0.05, 0) is 35.9 Å². The van der Waals surface area contributed by atoms with E-state index in [1.165, 1.54) is 12.1 Å². The smallest absolute Gasteiger partial charge is 0.322 e. The number of carbonyl (C=O) groups is 1. The summed E-state index contributed by atoms with van der Waals surface area (Å²) in [5, 5.41) is 8.80. The van der Waals surface area contributed by atoms with Crippen LogP contribution in [-0.4, -0.2) is 31.8 Å². The summed E-state index contributed by atoms with van der Waals surface area (Å²) in [4.78, 5) is 13.0. The number of carboxylic acid groups (broad SMARTS) is 1. The Labute approximate surface area is 104 Å². The Kier molecular flexibility index (Phi) is 4.50. The number of carboxylic acids is 1. The fourth-order valence-electron chi connectivity index (χ4n) is 1.31. The summed E-state index contributed by atoms with van der Waals surface area (Å²) in [5.74, 6) is -1.09. The lowest BCUT2D eigenvalue weighted by molar-refractivity contribution is -0.138. The van der Waals surface area contributed by atoms with Gasteiger partial charge in [-0.15, -0.1) is 0 Å². The lowest BCUT2D eigenvalue weighted by Crippen LogP contribution is -2.32. The second kappa shape index (κ2) is 5.48. The van der Waals surface area contributed by atoms with Crippen LogP contribution in [0.2, 0.25) is 0 Å². The van der Waals surface area contributed by atoms with Gasteiger partial charge >= 0.3 is 5.97 Å². The highest BCUT2D eigenvalue weighted by Gasteiger charge is 2.17. The van der Waals surface area contributed by atoms with E-state index >= 15 is 0 Å². The fourth-order valence-corrected chi connectivity index (χ4v) is 2.17. The molecular weight excluding hydrogens is 266 g/mol. The first-order chi connectivity index (χ1) is 7.84. The first-order valence-electron chi connectivity index (χ1n) is 4.72. The molecule has 0 aliphatic carbocycles. The molecule has 1 rings (SSSR count). The Morgan fingerprint density at radius 3 is 2.65 bits per heavy atom. The predicted molar refractivity (Wildman–Crippen MR) is 63.7 cm³/mol. The topological polar surface area (TPSA) is 83.5 Å². The molecule has 1 aromatic carbocycles. The van der Waals surface area contributed by atoms with Gasteiger partial charge in [0.05, 0.1) is 4.90 Å². The normalized spacial score (nSPS) is 13.3. The first kappa shape index (κ1) is 14.0. The molecule has 2 N–H and O–H groups in total. The van der Waals surface area contributed by atoms with Gasteiger partial charge in [-0.25, -0.2) is 13.3 Å². The molecule has 7 heteroatoms. The van der Waals surface area contributed by atoms with Crippen LogP contribution in [0.15, 0.2) is 29.2 Å². The van der Waals surface area contributed by atoms with Crippen LogP contribution in [0.1, 0.15) is 5.56 Å². The third kappa shape index (κ3) is 3.99. The maximum atomic E-state index is 11.3. The van der Waals surface area contributed by atoms with E-state index in [4.69, 9.17) is 16.9 Å². The quantitative estimate of drug-likeness (QED) is 0.779. The molecule has 5 nitrogen and oxygen atoms in total. The van der Waals surface area contributed by atoms with E-state index in [1.807, 2.05) is 0 Å². The Hall–Kier alpha value is -1.11. The number of rotatable bonds is 5. The fraction of sp³-hybridized carbons (Fsp3) is 0.300. The number of halogens is 1. The third-order valence-corrected chi connectivity index (χ3v) is 3.57. The van der Waals surface area contributed by atoms with Crippen LogP contribution in [0.3, 0.4) is 0 Å². The summed E-state index contributed by atoms with van der Waals surface area (Å²) >= 11 is 5.29. The molecule has 0 radical (unpaired) electrons. The van der Waals surface area contributed by atoms with E-state index in [1.54, 1.807) is 12.1 Å². The minimum atomic E-state index is -3.29. The molecule has 0 aliphatic heterocycles. The van der Waals surface area contributed by atoms with Crippen molar-refractivity contribution in [2.24, 2.45) is 0 Å². The monoisotopic (exact) mass is 277 g/mol. The molecule has 0 bridgehead atoms. The van der Waals surface area contributed by atoms with Gasteiger partial charge in [0.2, 0.25) is 0 Å². The van der Waals surface area contributed by atoms with Crippen LogP contribution >= 0.6 is 11.8 Å². The van der Waals surface area contributed by atoms with Crippen LogP contribution in [-0.2, 0) is 21.1 Å².